The van der Waals surface area contributed by atoms with Gasteiger partial charge in [0.25, 0.3) is 0 Å². The minimum absolute atomic E-state index is 0.0332. The predicted molar refractivity (Wildman–Crippen MR) is 58.8 cm³/mol. The standard InChI is InChI=1S/C10H18ClNO3/c1-3-7-12(8-10(14)15-2)9(13)5-4-6-11/h3-8H2,1-2H3. The van der Waals surface area contributed by atoms with Crippen LogP contribution in [0.15, 0.2) is 0 Å². The molecule has 0 saturated carbocycles. The van der Waals surface area contributed by atoms with Gasteiger partial charge in [-0.2, -0.15) is 0 Å². The number of methoxy groups -OCH3 is 1. The maximum absolute atomic E-state index is 11.6. The Morgan fingerprint density at radius 3 is 2.53 bits per heavy atom. The summed E-state index contributed by atoms with van der Waals surface area (Å²) < 4.78 is 4.52. The van der Waals surface area contributed by atoms with Crippen LogP contribution in [0.5, 0.6) is 0 Å². The van der Waals surface area contributed by atoms with Crippen molar-refractivity contribution in [2.75, 3.05) is 26.1 Å². The summed E-state index contributed by atoms with van der Waals surface area (Å²) in [4.78, 5) is 24.1. The molecule has 0 heterocycles. The van der Waals surface area contributed by atoms with Gasteiger partial charge in [0.2, 0.25) is 5.91 Å². The maximum Gasteiger partial charge on any atom is 0.325 e. The van der Waals surface area contributed by atoms with Gasteiger partial charge >= 0.3 is 5.97 Å². The summed E-state index contributed by atoms with van der Waals surface area (Å²) in [5.74, 6) is 0.0368. The fourth-order valence-corrected chi connectivity index (χ4v) is 1.29. The van der Waals surface area contributed by atoms with E-state index in [1.165, 1.54) is 12.0 Å². The zero-order valence-electron chi connectivity index (χ0n) is 9.29. The third-order valence-electron chi connectivity index (χ3n) is 1.92. The van der Waals surface area contributed by atoms with Crippen LogP contribution in [0.4, 0.5) is 0 Å². The summed E-state index contributed by atoms with van der Waals surface area (Å²) in [6.07, 6.45) is 1.85. The molecule has 0 N–H and O–H groups in total. The molecule has 1 amide bonds. The Bertz CT molecular complexity index is 209. The van der Waals surface area contributed by atoms with Crippen molar-refractivity contribution < 1.29 is 14.3 Å². The molecule has 5 heteroatoms. The Labute approximate surface area is 95.5 Å². The van der Waals surface area contributed by atoms with Gasteiger partial charge in [0.1, 0.15) is 6.54 Å². The van der Waals surface area contributed by atoms with E-state index >= 15 is 0 Å². The van der Waals surface area contributed by atoms with Crippen molar-refractivity contribution in [2.45, 2.75) is 26.2 Å². The van der Waals surface area contributed by atoms with Gasteiger partial charge in [-0.05, 0) is 12.8 Å². The van der Waals surface area contributed by atoms with E-state index in [0.29, 0.717) is 25.3 Å². The first-order valence-electron chi connectivity index (χ1n) is 5.06. The molecule has 4 nitrogen and oxygen atoms in total. The normalized spacial score (nSPS) is 9.80. The van der Waals surface area contributed by atoms with Gasteiger partial charge < -0.3 is 9.64 Å². The first-order valence-corrected chi connectivity index (χ1v) is 5.59. The van der Waals surface area contributed by atoms with Crippen LogP contribution in [-0.2, 0) is 14.3 Å². The van der Waals surface area contributed by atoms with Crippen LogP contribution in [0, 0.1) is 0 Å². The predicted octanol–water partition coefficient (Wildman–Crippen LogP) is 1.42. The fourth-order valence-electron chi connectivity index (χ4n) is 1.16. The molecule has 0 aromatic heterocycles. The number of nitrogens with zero attached hydrogens (tertiary/aromatic N) is 1. The SMILES string of the molecule is CCCN(CC(=O)OC)C(=O)CCCCl. The second-order valence-electron chi connectivity index (χ2n) is 3.18. The van der Waals surface area contributed by atoms with Gasteiger partial charge in [0.05, 0.1) is 7.11 Å². The average molecular weight is 236 g/mol. The summed E-state index contributed by atoms with van der Waals surface area (Å²) >= 11 is 5.50. The molecule has 0 atom stereocenters. The Kier molecular flexibility index (Phi) is 8.09. The van der Waals surface area contributed by atoms with Crippen LogP contribution in [0.25, 0.3) is 0 Å². The number of halogens is 1. The van der Waals surface area contributed by atoms with Crippen molar-refractivity contribution in [1.29, 1.82) is 0 Å². The third kappa shape index (κ3) is 6.33. The number of ether oxygens (including phenoxy) is 1. The van der Waals surface area contributed by atoms with Crippen molar-refractivity contribution in [3.63, 3.8) is 0 Å². The molecule has 88 valence electrons. The molecule has 0 aliphatic carbocycles. The highest BCUT2D eigenvalue weighted by atomic mass is 35.5. The highest BCUT2D eigenvalue weighted by Gasteiger charge is 2.15. The van der Waals surface area contributed by atoms with Gasteiger partial charge in [-0.25, -0.2) is 0 Å². The lowest BCUT2D eigenvalue weighted by Crippen LogP contribution is -2.36. The van der Waals surface area contributed by atoms with Crippen molar-refractivity contribution in [3.8, 4) is 0 Å². The van der Waals surface area contributed by atoms with Crippen LogP contribution in [0.3, 0.4) is 0 Å². The Balaban J connectivity index is 4.11. The molecule has 0 bridgehead atoms. The largest absolute Gasteiger partial charge is 0.468 e. The highest BCUT2D eigenvalue weighted by molar-refractivity contribution is 6.17. The third-order valence-corrected chi connectivity index (χ3v) is 2.19. The zero-order valence-corrected chi connectivity index (χ0v) is 10.0. The van der Waals surface area contributed by atoms with Crippen molar-refractivity contribution >= 4 is 23.5 Å². The molecular formula is C10H18ClNO3. The zero-order chi connectivity index (χ0) is 11.7. The Morgan fingerprint density at radius 2 is 2.07 bits per heavy atom. The van der Waals surface area contributed by atoms with Gasteiger partial charge in [-0.1, -0.05) is 6.92 Å². The van der Waals surface area contributed by atoms with E-state index in [-0.39, 0.29) is 18.4 Å². The fraction of sp³-hybridized carbons (Fsp3) is 0.800. The second-order valence-corrected chi connectivity index (χ2v) is 3.56. The number of carbonyl (C=O) groups is 2. The van der Waals surface area contributed by atoms with E-state index in [1.54, 1.807) is 0 Å². The molecule has 0 saturated heterocycles. The van der Waals surface area contributed by atoms with E-state index in [1.807, 2.05) is 6.92 Å². The van der Waals surface area contributed by atoms with E-state index in [2.05, 4.69) is 4.74 Å². The van der Waals surface area contributed by atoms with E-state index < -0.39 is 0 Å². The second kappa shape index (κ2) is 8.53. The smallest absolute Gasteiger partial charge is 0.325 e. The first-order chi connectivity index (χ1) is 7.15. The first kappa shape index (κ1) is 14.2. The maximum atomic E-state index is 11.6. The monoisotopic (exact) mass is 235 g/mol. The van der Waals surface area contributed by atoms with Crippen LogP contribution < -0.4 is 0 Å². The minimum atomic E-state index is -0.386. The summed E-state index contributed by atoms with van der Waals surface area (Å²) in [7, 11) is 1.32. The van der Waals surface area contributed by atoms with Gasteiger partial charge in [-0.15, -0.1) is 11.6 Å². The lowest BCUT2D eigenvalue weighted by Gasteiger charge is -2.20. The summed E-state index contributed by atoms with van der Waals surface area (Å²) in [5.41, 5.74) is 0. The number of carbonyl (C=O) groups excluding carboxylic acids is 2. The number of esters is 1. The van der Waals surface area contributed by atoms with Gasteiger partial charge in [0.15, 0.2) is 0 Å². The summed E-state index contributed by atoms with van der Waals surface area (Å²) in [6, 6.07) is 0. The van der Waals surface area contributed by atoms with E-state index in [4.69, 9.17) is 11.6 Å². The molecule has 0 aromatic carbocycles. The molecule has 0 aliphatic rings. The lowest BCUT2D eigenvalue weighted by molar-refractivity contribution is -0.147. The van der Waals surface area contributed by atoms with Gasteiger partial charge in [-0.3, -0.25) is 9.59 Å². The number of rotatable bonds is 7. The molecular weight excluding hydrogens is 218 g/mol. The minimum Gasteiger partial charge on any atom is -0.468 e. The molecule has 0 spiro atoms. The average Bonchev–Trinajstić information content (AvgIpc) is 2.24. The number of amides is 1. The quantitative estimate of drug-likeness (QED) is 0.495. The molecule has 0 aromatic rings. The van der Waals surface area contributed by atoms with Crippen LogP contribution >= 0.6 is 11.6 Å². The molecule has 0 radical (unpaired) electrons. The summed E-state index contributed by atoms with van der Waals surface area (Å²) in [6.45, 7) is 2.57. The molecule has 15 heavy (non-hydrogen) atoms. The van der Waals surface area contributed by atoms with Crippen molar-refractivity contribution in [1.82, 2.24) is 4.90 Å². The molecule has 0 fully saturated rings. The van der Waals surface area contributed by atoms with E-state index in [9.17, 15) is 9.59 Å². The summed E-state index contributed by atoms with van der Waals surface area (Å²) in [5, 5.41) is 0. The van der Waals surface area contributed by atoms with Crippen LogP contribution in [0.2, 0.25) is 0 Å². The van der Waals surface area contributed by atoms with E-state index in [0.717, 1.165) is 6.42 Å². The molecule has 0 rings (SSSR count). The van der Waals surface area contributed by atoms with Crippen LogP contribution in [-0.4, -0.2) is 42.9 Å². The number of alkyl halides is 1. The van der Waals surface area contributed by atoms with Crippen molar-refractivity contribution in [2.24, 2.45) is 0 Å². The Morgan fingerprint density at radius 1 is 1.40 bits per heavy atom. The topological polar surface area (TPSA) is 46.6 Å². The highest BCUT2D eigenvalue weighted by Crippen LogP contribution is 2.01. The Hall–Kier alpha value is -0.770. The van der Waals surface area contributed by atoms with Crippen molar-refractivity contribution in [3.05, 3.63) is 0 Å². The molecule has 0 unspecified atom stereocenters. The lowest BCUT2D eigenvalue weighted by atomic mass is 10.3. The van der Waals surface area contributed by atoms with Crippen LogP contribution in [0.1, 0.15) is 26.2 Å². The molecule has 0 aliphatic heterocycles. The number of hydrogen-bond donors (Lipinski definition) is 0. The van der Waals surface area contributed by atoms with Gasteiger partial charge in [0, 0.05) is 18.8 Å². The number of hydrogen-bond acceptors (Lipinski definition) is 3.